The number of aromatic amines is 1. The van der Waals surface area contributed by atoms with Crippen LogP contribution < -0.4 is 11.0 Å². The minimum atomic E-state index is -0.738. The second-order valence-corrected chi connectivity index (χ2v) is 3.65. The third-order valence-corrected chi connectivity index (χ3v) is 2.55. The van der Waals surface area contributed by atoms with Crippen LogP contribution in [-0.2, 0) is 6.42 Å². The number of aromatic hydroxyl groups is 1. The fourth-order valence-corrected chi connectivity index (χ4v) is 1.72. The first-order chi connectivity index (χ1) is 8.15. The molecule has 4 heteroatoms. The summed E-state index contributed by atoms with van der Waals surface area (Å²) in [5.74, 6) is -0.163. The summed E-state index contributed by atoms with van der Waals surface area (Å²) in [6.45, 7) is 3.51. The highest BCUT2D eigenvalue weighted by Gasteiger charge is 2.10. The lowest BCUT2D eigenvalue weighted by atomic mass is 10.1. The van der Waals surface area contributed by atoms with Crippen LogP contribution in [0.5, 0.6) is 5.75 Å². The summed E-state index contributed by atoms with van der Waals surface area (Å²) < 4.78 is 0. The molecule has 0 unspecified atom stereocenters. The molecular weight excluding hydrogens is 218 g/mol. The molecular formula is C13H11NO3. The van der Waals surface area contributed by atoms with Crippen LogP contribution in [0.4, 0.5) is 0 Å². The van der Waals surface area contributed by atoms with Crippen molar-refractivity contribution in [3.63, 3.8) is 0 Å². The first kappa shape index (κ1) is 11.1. The molecule has 4 nitrogen and oxygen atoms in total. The maximum atomic E-state index is 11.7. The van der Waals surface area contributed by atoms with Gasteiger partial charge in [0, 0.05) is 5.39 Å². The first-order valence-corrected chi connectivity index (χ1v) is 5.13. The molecule has 0 aliphatic heterocycles. The summed E-state index contributed by atoms with van der Waals surface area (Å²) in [7, 11) is 0. The van der Waals surface area contributed by atoms with Gasteiger partial charge in [-0.05, 0) is 18.6 Å². The maximum absolute atomic E-state index is 11.7. The van der Waals surface area contributed by atoms with Gasteiger partial charge in [-0.15, -0.1) is 6.58 Å². The van der Waals surface area contributed by atoms with Crippen molar-refractivity contribution in [2.24, 2.45) is 0 Å². The van der Waals surface area contributed by atoms with Gasteiger partial charge in [-0.25, -0.2) is 0 Å². The minimum Gasteiger partial charge on any atom is -0.507 e. The number of benzene rings is 1. The monoisotopic (exact) mass is 229 g/mol. The van der Waals surface area contributed by atoms with E-state index in [4.69, 9.17) is 0 Å². The van der Waals surface area contributed by atoms with Crippen LogP contribution in [-0.4, -0.2) is 10.1 Å². The predicted molar refractivity (Wildman–Crippen MR) is 66.4 cm³/mol. The van der Waals surface area contributed by atoms with Gasteiger partial charge in [0.25, 0.3) is 11.0 Å². The Morgan fingerprint density at radius 2 is 2.00 bits per heavy atom. The van der Waals surface area contributed by atoms with Crippen molar-refractivity contribution in [3.8, 4) is 5.75 Å². The summed E-state index contributed by atoms with van der Waals surface area (Å²) in [4.78, 5) is 25.8. The van der Waals surface area contributed by atoms with Gasteiger partial charge < -0.3 is 10.1 Å². The molecule has 0 aliphatic carbocycles. The number of allylic oxidation sites excluding steroid dienone is 1. The molecule has 1 aromatic heterocycles. The molecule has 2 N–H and O–H groups in total. The number of fused-ring (bicyclic) bond motifs is 1. The zero-order valence-electron chi connectivity index (χ0n) is 9.06. The highest BCUT2D eigenvalue weighted by molar-refractivity contribution is 5.84. The molecule has 86 valence electrons. The third kappa shape index (κ3) is 1.85. The van der Waals surface area contributed by atoms with Crippen LogP contribution in [0.15, 0.2) is 46.5 Å². The van der Waals surface area contributed by atoms with E-state index in [9.17, 15) is 14.7 Å². The van der Waals surface area contributed by atoms with Gasteiger partial charge in [-0.2, -0.15) is 0 Å². The molecule has 0 spiro atoms. The number of hydrogen-bond acceptors (Lipinski definition) is 3. The Hall–Kier alpha value is -2.36. The Morgan fingerprint density at radius 3 is 2.71 bits per heavy atom. The molecule has 0 amide bonds. The van der Waals surface area contributed by atoms with E-state index in [0.29, 0.717) is 10.9 Å². The van der Waals surface area contributed by atoms with E-state index in [1.807, 2.05) is 0 Å². The molecule has 0 saturated heterocycles. The van der Waals surface area contributed by atoms with E-state index in [0.717, 1.165) is 0 Å². The summed E-state index contributed by atoms with van der Waals surface area (Å²) in [6, 6.07) is 6.72. The van der Waals surface area contributed by atoms with Crippen molar-refractivity contribution in [1.29, 1.82) is 0 Å². The predicted octanol–water partition coefficient (Wildman–Crippen LogP) is 1.32. The van der Waals surface area contributed by atoms with E-state index < -0.39 is 11.0 Å². The molecule has 0 radical (unpaired) electrons. The Balaban J connectivity index is 3.06. The van der Waals surface area contributed by atoms with Crippen molar-refractivity contribution in [1.82, 2.24) is 4.98 Å². The fourth-order valence-electron chi connectivity index (χ4n) is 1.72. The molecule has 1 aromatic carbocycles. The summed E-state index contributed by atoms with van der Waals surface area (Å²) >= 11 is 0. The third-order valence-electron chi connectivity index (χ3n) is 2.55. The zero-order chi connectivity index (χ0) is 12.4. The Kier molecular flexibility index (Phi) is 2.78. The minimum absolute atomic E-state index is 0.0717. The van der Waals surface area contributed by atoms with Crippen LogP contribution >= 0.6 is 0 Å². The van der Waals surface area contributed by atoms with Crippen molar-refractivity contribution in [3.05, 3.63) is 63.1 Å². The molecule has 0 saturated carbocycles. The lowest BCUT2D eigenvalue weighted by Gasteiger charge is -1.98. The van der Waals surface area contributed by atoms with E-state index in [2.05, 4.69) is 11.6 Å². The van der Waals surface area contributed by atoms with Crippen molar-refractivity contribution >= 4 is 10.9 Å². The molecule has 0 fully saturated rings. The lowest BCUT2D eigenvalue weighted by Crippen LogP contribution is -2.26. The summed E-state index contributed by atoms with van der Waals surface area (Å²) in [5.41, 5.74) is -0.957. The topological polar surface area (TPSA) is 70.2 Å². The first-order valence-electron chi connectivity index (χ1n) is 5.13. The van der Waals surface area contributed by atoms with E-state index in [1.54, 1.807) is 24.3 Å². The average Bonchev–Trinajstić information content (AvgIpc) is 2.42. The number of hydrogen-bond donors (Lipinski definition) is 2. The number of nitrogens with one attached hydrogen (secondary N) is 1. The van der Waals surface area contributed by atoms with E-state index in [1.165, 1.54) is 6.08 Å². The lowest BCUT2D eigenvalue weighted by molar-refractivity contribution is 0.476. The molecule has 0 atom stereocenters. The fraction of sp³-hybridized carbons (Fsp3) is 0.0769. The Labute approximate surface area is 96.9 Å². The molecule has 0 bridgehead atoms. The second kappa shape index (κ2) is 4.25. The number of rotatable bonds is 2. The quantitative estimate of drug-likeness (QED) is 0.602. The summed E-state index contributed by atoms with van der Waals surface area (Å²) in [6.07, 6.45) is 1.64. The van der Waals surface area contributed by atoms with Gasteiger partial charge in [0.2, 0.25) is 0 Å². The highest BCUT2D eigenvalue weighted by Crippen LogP contribution is 2.23. The van der Waals surface area contributed by atoms with Crippen LogP contribution in [0.25, 0.3) is 10.9 Å². The van der Waals surface area contributed by atoms with Crippen LogP contribution in [0.1, 0.15) is 5.56 Å². The molecule has 2 rings (SSSR count). The molecule has 17 heavy (non-hydrogen) atoms. The van der Waals surface area contributed by atoms with Crippen LogP contribution in [0.3, 0.4) is 0 Å². The highest BCUT2D eigenvalue weighted by atomic mass is 16.3. The molecule has 2 aromatic rings. The second-order valence-electron chi connectivity index (χ2n) is 3.65. The SMILES string of the molecule is C=CCc1c(O)c2ccccc2[nH]c(=O)c1=O. The molecule has 1 heterocycles. The van der Waals surface area contributed by atoms with Gasteiger partial charge in [-0.3, -0.25) is 9.59 Å². The van der Waals surface area contributed by atoms with Crippen molar-refractivity contribution in [2.45, 2.75) is 6.42 Å². The van der Waals surface area contributed by atoms with Gasteiger partial charge in [0.15, 0.2) is 0 Å². The number of para-hydroxylation sites is 1. The van der Waals surface area contributed by atoms with Gasteiger partial charge >= 0.3 is 0 Å². The Morgan fingerprint density at radius 1 is 1.29 bits per heavy atom. The van der Waals surface area contributed by atoms with Crippen molar-refractivity contribution in [2.75, 3.05) is 0 Å². The number of aromatic nitrogens is 1. The van der Waals surface area contributed by atoms with E-state index >= 15 is 0 Å². The van der Waals surface area contributed by atoms with E-state index in [-0.39, 0.29) is 17.7 Å². The zero-order valence-corrected chi connectivity index (χ0v) is 9.06. The van der Waals surface area contributed by atoms with Crippen LogP contribution in [0.2, 0.25) is 0 Å². The van der Waals surface area contributed by atoms with Gasteiger partial charge in [0.05, 0.1) is 11.1 Å². The molecule has 0 aliphatic rings. The number of H-pyrrole nitrogens is 1. The largest absolute Gasteiger partial charge is 0.507 e. The van der Waals surface area contributed by atoms with Crippen LogP contribution in [0, 0.1) is 0 Å². The van der Waals surface area contributed by atoms with Gasteiger partial charge in [-0.1, -0.05) is 18.2 Å². The Bertz CT molecular complexity index is 701. The smallest absolute Gasteiger partial charge is 0.296 e. The maximum Gasteiger partial charge on any atom is 0.296 e. The van der Waals surface area contributed by atoms with Gasteiger partial charge in [0.1, 0.15) is 5.75 Å². The average molecular weight is 229 g/mol. The summed E-state index contributed by atoms with van der Waals surface area (Å²) in [5, 5.41) is 10.5. The standard InChI is InChI=1S/C13H11NO3/c1-2-5-9-11(15)8-6-3-4-7-10(8)14-13(17)12(9)16/h2-4,6-7,15H,1,5H2,(H,14,16,17). The van der Waals surface area contributed by atoms with Crippen molar-refractivity contribution < 1.29 is 5.11 Å². The normalized spacial score (nSPS) is 10.4.